The molecule has 1 unspecified atom stereocenters. The molecule has 0 saturated carbocycles. The van der Waals surface area contributed by atoms with Crippen molar-refractivity contribution in [3.8, 4) is 17.6 Å². The number of hydrogen-bond donors (Lipinski definition) is 1. The second-order valence-corrected chi connectivity index (χ2v) is 15.1. The number of hydrogen-bond acceptors (Lipinski definition) is 4. The van der Waals surface area contributed by atoms with Gasteiger partial charge in [0, 0.05) is 12.1 Å². The van der Waals surface area contributed by atoms with E-state index in [2.05, 4.69) is 45.7 Å². The first kappa shape index (κ1) is 24.3. The Kier molecular flexibility index (Phi) is 7.31. The fourth-order valence-corrected chi connectivity index (χ4v) is 3.98. The average molecular weight is 432 g/mol. The molecule has 1 fully saturated rings. The highest BCUT2D eigenvalue weighted by Crippen LogP contribution is 2.39. The van der Waals surface area contributed by atoms with Crippen LogP contribution in [0.3, 0.4) is 0 Å². The van der Waals surface area contributed by atoms with Crippen LogP contribution in [0.5, 0.6) is 5.75 Å². The Bertz CT molecular complexity index is 811. The van der Waals surface area contributed by atoms with Gasteiger partial charge in [-0.15, -0.1) is 0 Å². The fraction of sp³-hybridized carbons (Fsp3) is 0.625. The van der Waals surface area contributed by atoms with Gasteiger partial charge in [0.2, 0.25) is 8.32 Å². The maximum absolute atomic E-state index is 12.4. The van der Waals surface area contributed by atoms with Gasteiger partial charge in [-0.25, -0.2) is 4.79 Å². The Morgan fingerprint density at radius 3 is 2.43 bits per heavy atom. The first-order valence-corrected chi connectivity index (χ1v) is 13.6. The van der Waals surface area contributed by atoms with Crippen molar-refractivity contribution in [2.24, 2.45) is 0 Å². The van der Waals surface area contributed by atoms with Gasteiger partial charge in [-0.05, 0) is 57.8 Å². The summed E-state index contributed by atoms with van der Waals surface area (Å²) in [5.74, 6) is 6.72. The van der Waals surface area contributed by atoms with Gasteiger partial charge >= 0.3 is 6.09 Å². The molecule has 1 aliphatic rings. The van der Waals surface area contributed by atoms with Gasteiger partial charge in [-0.2, -0.15) is 0 Å². The Morgan fingerprint density at radius 2 is 1.83 bits per heavy atom. The molecule has 2 atom stereocenters. The maximum atomic E-state index is 12.4. The van der Waals surface area contributed by atoms with Gasteiger partial charge in [-0.3, -0.25) is 4.90 Å². The Labute approximate surface area is 182 Å². The topological polar surface area (TPSA) is 59.0 Å². The average Bonchev–Trinajstić information content (AvgIpc) is 3.06. The molecule has 166 valence electrons. The largest absolute Gasteiger partial charge is 0.543 e. The van der Waals surface area contributed by atoms with E-state index in [1.54, 1.807) is 4.90 Å². The number of likely N-dealkylation sites (tertiary alicyclic amines) is 1. The van der Waals surface area contributed by atoms with E-state index in [1.807, 2.05) is 45.0 Å². The molecule has 2 rings (SSSR count). The lowest BCUT2D eigenvalue weighted by molar-refractivity contribution is 0.0260. The van der Waals surface area contributed by atoms with Gasteiger partial charge in [0.1, 0.15) is 17.5 Å². The van der Waals surface area contributed by atoms with E-state index in [9.17, 15) is 9.90 Å². The quantitative estimate of drug-likeness (QED) is 0.507. The van der Waals surface area contributed by atoms with Crippen LogP contribution in [0.4, 0.5) is 4.79 Å². The van der Waals surface area contributed by atoms with Crippen LogP contribution in [-0.2, 0) is 4.74 Å². The van der Waals surface area contributed by atoms with Crippen molar-refractivity contribution in [2.45, 2.75) is 90.3 Å². The third-order valence-electron chi connectivity index (χ3n) is 5.65. The second kappa shape index (κ2) is 9.03. The van der Waals surface area contributed by atoms with Crippen LogP contribution in [0.1, 0.15) is 66.1 Å². The van der Waals surface area contributed by atoms with Crippen molar-refractivity contribution >= 4 is 14.4 Å². The highest BCUT2D eigenvalue weighted by molar-refractivity contribution is 6.74. The van der Waals surface area contributed by atoms with Crippen LogP contribution in [0.2, 0.25) is 18.1 Å². The van der Waals surface area contributed by atoms with Gasteiger partial charge < -0.3 is 14.3 Å². The summed E-state index contributed by atoms with van der Waals surface area (Å²) in [5, 5.41) is 10.8. The number of benzene rings is 1. The van der Waals surface area contributed by atoms with E-state index >= 15 is 0 Å². The summed E-state index contributed by atoms with van der Waals surface area (Å²) in [6.45, 7) is 17.1. The summed E-state index contributed by atoms with van der Waals surface area (Å²) in [6.07, 6.45) is 0.323. The zero-order valence-corrected chi connectivity index (χ0v) is 20.7. The second-order valence-electron chi connectivity index (χ2n) is 10.4. The molecule has 0 radical (unpaired) electrons. The molecule has 0 spiro atoms. The summed E-state index contributed by atoms with van der Waals surface area (Å²) in [7, 11) is -2.05. The number of amides is 1. The molecule has 1 heterocycles. The number of nitrogens with zero attached hydrogens (tertiary/aromatic N) is 1. The van der Waals surface area contributed by atoms with E-state index in [0.717, 1.165) is 12.8 Å². The van der Waals surface area contributed by atoms with E-state index in [0.29, 0.717) is 17.9 Å². The van der Waals surface area contributed by atoms with Crippen molar-refractivity contribution in [2.75, 3.05) is 6.54 Å². The highest BCUT2D eigenvalue weighted by Gasteiger charge is 2.39. The van der Waals surface area contributed by atoms with E-state index in [-0.39, 0.29) is 17.2 Å². The first-order chi connectivity index (χ1) is 13.7. The normalized spacial score (nSPS) is 18.4. The zero-order valence-electron chi connectivity index (χ0n) is 19.7. The molecule has 1 aromatic rings. The molecule has 1 amide bonds. The number of rotatable bonds is 3. The maximum Gasteiger partial charge on any atom is 0.411 e. The molecular formula is C24H37NO4Si. The number of aliphatic hydroxyl groups excluding tert-OH is 1. The summed E-state index contributed by atoms with van der Waals surface area (Å²) in [6, 6.07) is 7.28. The van der Waals surface area contributed by atoms with Gasteiger partial charge in [0.15, 0.2) is 0 Å². The van der Waals surface area contributed by atoms with Crippen LogP contribution in [0.25, 0.3) is 0 Å². The predicted octanol–water partition coefficient (Wildman–Crippen LogP) is 5.51. The van der Waals surface area contributed by atoms with Crippen molar-refractivity contribution in [1.29, 1.82) is 0 Å². The Balaban J connectivity index is 2.19. The minimum absolute atomic E-state index is 0.0501. The van der Waals surface area contributed by atoms with Crippen LogP contribution < -0.4 is 4.43 Å². The number of carbonyl (C=O) groups is 1. The molecule has 5 nitrogen and oxygen atoms in total. The zero-order chi connectivity index (χ0) is 22.7. The number of aliphatic hydroxyl groups is 1. The summed E-state index contributed by atoms with van der Waals surface area (Å²) < 4.78 is 11.9. The fourth-order valence-electron chi connectivity index (χ4n) is 2.94. The predicted molar refractivity (Wildman–Crippen MR) is 123 cm³/mol. The molecule has 6 heteroatoms. The smallest absolute Gasteiger partial charge is 0.411 e. The lowest BCUT2D eigenvalue weighted by atomic mass is 10.1. The van der Waals surface area contributed by atoms with Crippen molar-refractivity contribution in [3.63, 3.8) is 0 Å². The molecule has 0 aliphatic carbocycles. The minimum atomic E-state index is -2.05. The first-order valence-electron chi connectivity index (χ1n) is 10.7. The van der Waals surface area contributed by atoms with Crippen molar-refractivity contribution in [3.05, 3.63) is 29.8 Å². The van der Waals surface area contributed by atoms with Crippen LogP contribution in [0.15, 0.2) is 24.3 Å². The van der Waals surface area contributed by atoms with Crippen LogP contribution in [0, 0.1) is 11.8 Å². The third kappa shape index (κ3) is 6.26. The molecule has 0 aromatic heterocycles. The van der Waals surface area contributed by atoms with E-state index in [4.69, 9.17) is 9.16 Å². The van der Waals surface area contributed by atoms with Crippen molar-refractivity contribution < 1.29 is 19.1 Å². The third-order valence-corrected chi connectivity index (χ3v) is 9.99. The van der Waals surface area contributed by atoms with Crippen molar-refractivity contribution in [1.82, 2.24) is 4.90 Å². The van der Waals surface area contributed by atoms with E-state index < -0.39 is 20.0 Å². The molecule has 1 aromatic carbocycles. The monoisotopic (exact) mass is 431 g/mol. The lowest BCUT2D eigenvalue weighted by Gasteiger charge is -2.37. The van der Waals surface area contributed by atoms with Crippen LogP contribution >= 0.6 is 0 Å². The number of para-hydroxylation sites is 1. The Hall–Kier alpha value is -1.97. The number of carbonyl (C=O) groups excluding carboxylic acids is 1. The highest BCUT2D eigenvalue weighted by atomic mass is 28.4. The molecule has 0 bridgehead atoms. The molecule has 1 saturated heterocycles. The Morgan fingerprint density at radius 1 is 1.20 bits per heavy atom. The molecular weight excluding hydrogens is 394 g/mol. The minimum Gasteiger partial charge on any atom is -0.543 e. The standard InChI is InChI=1S/C24H37NO4Si/c1-23(2,3)28-22(27)25-17-11-12-18(25)15-16-20(26)19-13-9-10-14-21(19)29-30(7,8)24(4,5)6/h9-10,13-14,18,20,26H,11-12,17H2,1-8H3/t18-,20?/m0/s1. The molecule has 1 N–H and O–H groups in total. The SMILES string of the molecule is CC(C)(C)OC(=O)N1CCC[C@H]1C#CC(O)c1ccccc1O[Si](C)(C)C(C)(C)C. The molecule has 1 aliphatic heterocycles. The molecule has 30 heavy (non-hydrogen) atoms. The lowest BCUT2D eigenvalue weighted by Crippen LogP contribution is -2.44. The van der Waals surface area contributed by atoms with Gasteiger partial charge in [0.05, 0.1) is 6.04 Å². The summed E-state index contributed by atoms with van der Waals surface area (Å²) >= 11 is 0. The van der Waals surface area contributed by atoms with Gasteiger partial charge in [0.25, 0.3) is 0 Å². The summed E-state index contributed by atoms with van der Waals surface area (Å²) in [5.41, 5.74) is 0.119. The number of ether oxygens (including phenoxy) is 1. The summed E-state index contributed by atoms with van der Waals surface area (Å²) in [4.78, 5) is 14.1. The van der Waals surface area contributed by atoms with Gasteiger partial charge in [-0.1, -0.05) is 50.8 Å². The van der Waals surface area contributed by atoms with E-state index in [1.165, 1.54) is 0 Å². The van der Waals surface area contributed by atoms with Crippen LogP contribution in [-0.4, -0.2) is 42.6 Å².